The van der Waals surface area contributed by atoms with Gasteiger partial charge in [-0.2, -0.15) is 25.8 Å². The Morgan fingerprint density at radius 1 is 1.19 bits per heavy atom. The number of nitrogens with zero attached hydrogens (tertiary/aromatic N) is 1. The Morgan fingerprint density at radius 2 is 1.74 bits per heavy atom. The molecule has 3 unspecified atom stereocenters. The van der Waals surface area contributed by atoms with Crippen LogP contribution in [0.2, 0.25) is 0 Å². The van der Waals surface area contributed by atoms with Crippen LogP contribution in [0, 0.1) is 11.3 Å². The van der Waals surface area contributed by atoms with Crippen molar-refractivity contribution in [1.82, 2.24) is 4.90 Å². The van der Waals surface area contributed by atoms with E-state index in [1.165, 1.54) is 4.90 Å². The van der Waals surface area contributed by atoms with Gasteiger partial charge in [0.15, 0.2) is 0 Å². The SMILES string of the molecule is CC.CC(OC(=O)C(C)(C)C)C1CCC(CCS)CN1C(=O)CC(F)(F)F. The van der Waals surface area contributed by atoms with Crippen LogP contribution in [-0.2, 0) is 14.3 Å². The van der Waals surface area contributed by atoms with Gasteiger partial charge < -0.3 is 9.64 Å². The van der Waals surface area contributed by atoms with Crippen LogP contribution in [0.4, 0.5) is 13.2 Å². The molecule has 8 heteroatoms. The summed E-state index contributed by atoms with van der Waals surface area (Å²) in [7, 11) is 0. The van der Waals surface area contributed by atoms with Gasteiger partial charge in [0.25, 0.3) is 0 Å². The molecule has 1 rings (SSSR count). The number of rotatable bonds is 5. The van der Waals surface area contributed by atoms with Crippen LogP contribution in [-0.4, -0.2) is 47.4 Å². The molecule has 1 heterocycles. The van der Waals surface area contributed by atoms with E-state index in [1.807, 2.05) is 13.8 Å². The van der Waals surface area contributed by atoms with Crippen molar-refractivity contribution in [3.05, 3.63) is 0 Å². The minimum Gasteiger partial charge on any atom is -0.460 e. The first-order chi connectivity index (χ1) is 12.3. The summed E-state index contributed by atoms with van der Waals surface area (Å²) in [4.78, 5) is 25.5. The first kappa shape index (κ1) is 26.1. The zero-order valence-corrected chi connectivity index (χ0v) is 18.1. The second-order valence-electron chi connectivity index (χ2n) is 7.72. The Morgan fingerprint density at radius 3 is 2.19 bits per heavy atom. The molecule has 1 aliphatic heterocycles. The molecule has 0 N–H and O–H groups in total. The molecular formula is C19H34F3NO3S. The maximum Gasteiger partial charge on any atom is 0.397 e. The van der Waals surface area contributed by atoms with Gasteiger partial charge in [0, 0.05) is 6.54 Å². The molecule has 0 aliphatic carbocycles. The fourth-order valence-electron chi connectivity index (χ4n) is 2.96. The van der Waals surface area contributed by atoms with Crippen molar-refractivity contribution < 1.29 is 27.5 Å². The highest BCUT2D eigenvalue weighted by atomic mass is 32.1. The molecule has 0 aromatic heterocycles. The molecule has 160 valence electrons. The lowest BCUT2D eigenvalue weighted by Gasteiger charge is -2.42. The zero-order chi connectivity index (χ0) is 21.4. The normalized spacial score (nSPS) is 21.8. The Bertz CT molecular complexity index is 478. The number of carbonyl (C=O) groups excluding carboxylic acids is 2. The van der Waals surface area contributed by atoms with Gasteiger partial charge in [0.2, 0.25) is 5.91 Å². The molecule has 0 spiro atoms. The number of alkyl halides is 3. The molecule has 0 radical (unpaired) electrons. The van der Waals surface area contributed by atoms with Crippen LogP contribution < -0.4 is 0 Å². The first-order valence-corrected chi connectivity index (χ1v) is 10.2. The highest BCUT2D eigenvalue weighted by Crippen LogP contribution is 2.31. The maximum atomic E-state index is 12.7. The molecule has 27 heavy (non-hydrogen) atoms. The van der Waals surface area contributed by atoms with E-state index in [-0.39, 0.29) is 12.5 Å². The van der Waals surface area contributed by atoms with Gasteiger partial charge in [-0.25, -0.2) is 0 Å². The predicted octanol–water partition coefficient (Wildman–Crippen LogP) is 4.87. The Hall–Kier alpha value is -0.920. The largest absolute Gasteiger partial charge is 0.460 e. The van der Waals surface area contributed by atoms with Crippen LogP contribution in [0.25, 0.3) is 0 Å². The van der Waals surface area contributed by atoms with E-state index in [9.17, 15) is 22.8 Å². The van der Waals surface area contributed by atoms with E-state index < -0.39 is 42.0 Å². The Labute approximate surface area is 166 Å². The molecule has 0 saturated carbocycles. The highest BCUT2D eigenvalue weighted by Gasteiger charge is 2.41. The van der Waals surface area contributed by atoms with Gasteiger partial charge in [0.05, 0.1) is 11.5 Å². The quantitative estimate of drug-likeness (QED) is 0.517. The van der Waals surface area contributed by atoms with Crippen molar-refractivity contribution in [2.45, 2.75) is 85.5 Å². The van der Waals surface area contributed by atoms with E-state index in [4.69, 9.17) is 4.74 Å². The number of thiol groups is 1. The van der Waals surface area contributed by atoms with Gasteiger partial charge in [-0.05, 0) is 58.6 Å². The number of esters is 1. The van der Waals surface area contributed by atoms with E-state index in [0.717, 1.165) is 12.8 Å². The summed E-state index contributed by atoms with van der Waals surface area (Å²) in [6.45, 7) is 11.0. The lowest BCUT2D eigenvalue weighted by Crippen LogP contribution is -2.53. The molecule has 1 aliphatic rings. The Balaban J connectivity index is 0.00000326. The fourth-order valence-corrected chi connectivity index (χ4v) is 3.32. The molecule has 0 bridgehead atoms. The third kappa shape index (κ3) is 9.21. The lowest BCUT2D eigenvalue weighted by atomic mass is 9.88. The van der Waals surface area contributed by atoms with Crippen molar-refractivity contribution in [3.63, 3.8) is 0 Å². The van der Waals surface area contributed by atoms with Gasteiger partial charge in [-0.15, -0.1) is 0 Å². The number of piperidine rings is 1. The summed E-state index contributed by atoms with van der Waals surface area (Å²) in [5.74, 6) is -0.650. The highest BCUT2D eigenvalue weighted by molar-refractivity contribution is 7.80. The van der Waals surface area contributed by atoms with Gasteiger partial charge in [0.1, 0.15) is 12.5 Å². The molecule has 1 amide bonds. The third-order valence-electron chi connectivity index (χ3n) is 4.38. The van der Waals surface area contributed by atoms with E-state index in [0.29, 0.717) is 12.2 Å². The van der Waals surface area contributed by atoms with Crippen molar-refractivity contribution in [2.75, 3.05) is 12.3 Å². The Kier molecular flexibility index (Phi) is 10.8. The summed E-state index contributed by atoms with van der Waals surface area (Å²) >= 11 is 4.17. The average molecular weight is 414 g/mol. The van der Waals surface area contributed by atoms with Gasteiger partial charge >= 0.3 is 12.1 Å². The molecule has 4 nitrogen and oxygen atoms in total. The van der Waals surface area contributed by atoms with E-state index >= 15 is 0 Å². The molecule has 0 aromatic carbocycles. The number of hydrogen-bond acceptors (Lipinski definition) is 4. The molecule has 1 saturated heterocycles. The number of ether oxygens (including phenoxy) is 1. The minimum atomic E-state index is -4.55. The standard InChI is InChI=1S/C17H28F3NO3S.C2H6/c1-11(24-15(23)16(2,3)4)13-6-5-12(7-8-25)10-21(13)14(22)9-17(18,19)20;1-2/h11-13,25H,5-10H2,1-4H3;1-2H3. The van der Waals surface area contributed by atoms with Gasteiger partial charge in [-0.3, -0.25) is 9.59 Å². The topological polar surface area (TPSA) is 46.6 Å². The number of likely N-dealkylation sites (tertiary alicyclic amines) is 1. The summed E-state index contributed by atoms with van der Waals surface area (Å²) in [6.07, 6.45) is -4.66. The lowest BCUT2D eigenvalue weighted by molar-refractivity contribution is -0.173. The number of amides is 1. The number of hydrogen-bond donors (Lipinski definition) is 1. The third-order valence-corrected chi connectivity index (χ3v) is 4.64. The van der Waals surface area contributed by atoms with Crippen LogP contribution in [0.15, 0.2) is 0 Å². The van der Waals surface area contributed by atoms with Crippen LogP contribution >= 0.6 is 12.6 Å². The van der Waals surface area contributed by atoms with Crippen LogP contribution in [0.5, 0.6) is 0 Å². The van der Waals surface area contributed by atoms with Gasteiger partial charge in [-0.1, -0.05) is 13.8 Å². The predicted molar refractivity (Wildman–Crippen MR) is 104 cm³/mol. The maximum absolute atomic E-state index is 12.7. The summed E-state index contributed by atoms with van der Waals surface area (Å²) in [5.41, 5.74) is -0.710. The fraction of sp³-hybridized carbons (Fsp3) is 0.895. The van der Waals surface area contributed by atoms with Crippen molar-refractivity contribution in [1.29, 1.82) is 0 Å². The molecular weight excluding hydrogens is 379 g/mol. The second kappa shape index (κ2) is 11.2. The first-order valence-electron chi connectivity index (χ1n) is 9.53. The smallest absolute Gasteiger partial charge is 0.397 e. The summed E-state index contributed by atoms with van der Waals surface area (Å²) in [6, 6.07) is -0.530. The molecule has 1 fully saturated rings. The number of carbonyl (C=O) groups is 2. The van der Waals surface area contributed by atoms with Crippen molar-refractivity contribution in [2.24, 2.45) is 11.3 Å². The van der Waals surface area contributed by atoms with Crippen LogP contribution in [0.3, 0.4) is 0 Å². The van der Waals surface area contributed by atoms with Crippen molar-refractivity contribution >= 4 is 24.5 Å². The monoisotopic (exact) mass is 413 g/mol. The summed E-state index contributed by atoms with van der Waals surface area (Å²) < 4.78 is 43.4. The zero-order valence-electron chi connectivity index (χ0n) is 17.2. The van der Waals surface area contributed by atoms with E-state index in [2.05, 4.69) is 12.6 Å². The summed E-state index contributed by atoms with van der Waals surface area (Å²) in [5, 5.41) is 0. The minimum absolute atomic E-state index is 0.122. The molecule has 0 aromatic rings. The second-order valence-corrected chi connectivity index (χ2v) is 8.17. The van der Waals surface area contributed by atoms with Crippen molar-refractivity contribution in [3.8, 4) is 0 Å². The number of halogens is 3. The van der Waals surface area contributed by atoms with Crippen LogP contribution in [0.1, 0.15) is 67.2 Å². The van der Waals surface area contributed by atoms with E-state index in [1.54, 1.807) is 27.7 Å². The average Bonchev–Trinajstić information content (AvgIpc) is 2.54. The molecule has 3 atom stereocenters.